The van der Waals surface area contributed by atoms with Gasteiger partial charge < -0.3 is 10.5 Å². The predicted octanol–water partition coefficient (Wildman–Crippen LogP) is 0.846. The van der Waals surface area contributed by atoms with Crippen molar-refractivity contribution in [2.24, 2.45) is 5.73 Å². The fraction of sp³-hybridized carbons (Fsp3) is 0.923. The van der Waals surface area contributed by atoms with Crippen LogP contribution in [0.15, 0.2) is 0 Å². The van der Waals surface area contributed by atoms with E-state index in [4.69, 9.17) is 22.7 Å². The third-order valence-corrected chi connectivity index (χ3v) is 4.30. The topological polar surface area (TPSA) is 41.7 Å². The molecule has 2 fully saturated rings. The van der Waals surface area contributed by atoms with E-state index in [1.54, 1.807) is 0 Å². The fourth-order valence-electron chi connectivity index (χ4n) is 2.95. The zero-order valence-electron chi connectivity index (χ0n) is 11.5. The first kappa shape index (κ1) is 14.2. The number of rotatable bonds is 4. The van der Waals surface area contributed by atoms with Gasteiger partial charge in [0.15, 0.2) is 0 Å². The molecular weight excluding hydrogens is 246 g/mol. The average molecular weight is 271 g/mol. The molecule has 0 radical (unpaired) electrons. The first-order valence-corrected chi connectivity index (χ1v) is 7.37. The summed E-state index contributed by atoms with van der Waals surface area (Å²) >= 11 is 5.15. The van der Waals surface area contributed by atoms with Gasteiger partial charge in [-0.3, -0.25) is 9.80 Å². The summed E-state index contributed by atoms with van der Waals surface area (Å²) in [7, 11) is 0. The Morgan fingerprint density at radius 3 is 2.89 bits per heavy atom. The van der Waals surface area contributed by atoms with Crippen LogP contribution in [0.25, 0.3) is 0 Å². The van der Waals surface area contributed by atoms with E-state index in [0.29, 0.717) is 17.1 Å². The van der Waals surface area contributed by atoms with Crippen LogP contribution in [0.3, 0.4) is 0 Å². The molecule has 0 amide bonds. The zero-order chi connectivity index (χ0) is 13.1. The van der Waals surface area contributed by atoms with Crippen molar-refractivity contribution in [3.63, 3.8) is 0 Å². The molecule has 2 N–H and O–H groups in total. The standard InChI is InChI=1S/C13H25N3OS/c1-10(2)15-6-7-17-11(8-15)9-16-5-3-4-12(16)13(14)18/h10-12H,3-9H2,1-2H3,(H2,14,18). The molecule has 0 aromatic heterocycles. The van der Waals surface area contributed by atoms with Crippen LogP contribution in [-0.4, -0.2) is 65.8 Å². The van der Waals surface area contributed by atoms with E-state index in [2.05, 4.69) is 23.6 Å². The number of nitrogens with zero attached hydrogens (tertiary/aromatic N) is 2. The molecule has 0 aromatic carbocycles. The van der Waals surface area contributed by atoms with E-state index in [-0.39, 0.29) is 6.04 Å². The second-order valence-corrected chi connectivity index (χ2v) is 6.11. The van der Waals surface area contributed by atoms with Crippen molar-refractivity contribution in [3.8, 4) is 0 Å². The van der Waals surface area contributed by atoms with Crippen LogP contribution in [0.4, 0.5) is 0 Å². The minimum Gasteiger partial charge on any atom is -0.392 e. The third kappa shape index (κ3) is 3.41. The highest BCUT2D eigenvalue weighted by Crippen LogP contribution is 2.19. The summed E-state index contributed by atoms with van der Waals surface area (Å²) in [6.07, 6.45) is 2.61. The van der Waals surface area contributed by atoms with Crippen molar-refractivity contribution in [3.05, 3.63) is 0 Å². The monoisotopic (exact) mass is 271 g/mol. The lowest BCUT2D eigenvalue weighted by atomic mass is 10.2. The van der Waals surface area contributed by atoms with Gasteiger partial charge in [-0.05, 0) is 33.2 Å². The molecule has 0 bridgehead atoms. The maximum absolute atomic E-state index is 5.88. The van der Waals surface area contributed by atoms with Crippen LogP contribution < -0.4 is 5.73 Å². The van der Waals surface area contributed by atoms with E-state index >= 15 is 0 Å². The highest BCUT2D eigenvalue weighted by molar-refractivity contribution is 7.80. The molecule has 2 aliphatic heterocycles. The lowest BCUT2D eigenvalue weighted by molar-refractivity contribution is -0.0513. The Morgan fingerprint density at radius 2 is 2.22 bits per heavy atom. The summed E-state index contributed by atoms with van der Waals surface area (Å²) in [5, 5.41) is 0. The van der Waals surface area contributed by atoms with E-state index < -0.39 is 0 Å². The summed E-state index contributed by atoms with van der Waals surface area (Å²) in [6.45, 7) is 9.47. The molecule has 5 heteroatoms. The molecule has 2 unspecified atom stereocenters. The Morgan fingerprint density at radius 1 is 1.44 bits per heavy atom. The minimum absolute atomic E-state index is 0.290. The van der Waals surface area contributed by atoms with Crippen LogP contribution >= 0.6 is 12.2 Å². The predicted molar refractivity (Wildman–Crippen MR) is 77.8 cm³/mol. The van der Waals surface area contributed by atoms with Crippen molar-refractivity contribution in [2.45, 2.75) is 44.9 Å². The number of hydrogen-bond donors (Lipinski definition) is 1. The Labute approximate surface area is 115 Å². The Balaban J connectivity index is 1.87. The minimum atomic E-state index is 0.290. The van der Waals surface area contributed by atoms with E-state index in [0.717, 1.165) is 39.2 Å². The van der Waals surface area contributed by atoms with E-state index in [1.807, 2.05) is 0 Å². The maximum atomic E-state index is 5.88. The quantitative estimate of drug-likeness (QED) is 0.768. The molecule has 0 aliphatic carbocycles. The van der Waals surface area contributed by atoms with Crippen LogP contribution in [-0.2, 0) is 4.74 Å². The van der Waals surface area contributed by atoms with Gasteiger partial charge in [0.25, 0.3) is 0 Å². The summed E-state index contributed by atoms with van der Waals surface area (Å²) in [5.41, 5.74) is 5.81. The van der Waals surface area contributed by atoms with Gasteiger partial charge in [-0.1, -0.05) is 12.2 Å². The normalized spacial score (nSPS) is 31.1. The largest absolute Gasteiger partial charge is 0.392 e. The molecule has 0 aromatic rings. The number of likely N-dealkylation sites (tertiary alicyclic amines) is 1. The first-order chi connectivity index (χ1) is 8.58. The highest BCUT2D eigenvalue weighted by atomic mass is 32.1. The van der Waals surface area contributed by atoms with Gasteiger partial charge in [0.05, 0.1) is 23.7 Å². The molecular formula is C13H25N3OS. The fourth-order valence-corrected chi connectivity index (χ4v) is 3.22. The molecule has 2 saturated heterocycles. The van der Waals surface area contributed by atoms with Gasteiger partial charge >= 0.3 is 0 Å². The number of hydrogen-bond acceptors (Lipinski definition) is 4. The van der Waals surface area contributed by atoms with Gasteiger partial charge in [0.1, 0.15) is 0 Å². The van der Waals surface area contributed by atoms with Gasteiger partial charge in [0.2, 0.25) is 0 Å². The Kier molecular flexibility index (Phi) is 4.95. The molecule has 0 spiro atoms. The second kappa shape index (κ2) is 6.28. The third-order valence-electron chi connectivity index (χ3n) is 4.03. The average Bonchev–Trinajstić information content (AvgIpc) is 2.77. The molecule has 4 nitrogen and oxygen atoms in total. The smallest absolute Gasteiger partial charge is 0.0902 e. The molecule has 104 valence electrons. The van der Waals surface area contributed by atoms with Crippen LogP contribution in [0, 0.1) is 0 Å². The molecule has 18 heavy (non-hydrogen) atoms. The molecule has 2 aliphatic rings. The molecule has 2 rings (SSSR count). The second-order valence-electron chi connectivity index (χ2n) is 5.64. The van der Waals surface area contributed by atoms with Gasteiger partial charge in [-0.2, -0.15) is 0 Å². The van der Waals surface area contributed by atoms with Gasteiger partial charge in [0, 0.05) is 25.7 Å². The maximum Gasteiger partial charge on any atom is 0.0902 e. The Bertz CT molecular complexity index is 298. The van der Waals surface area contributed by atoms with Crippen molar-refractivity contribution in [2.75, 3.05) is 32.8 Å². The van der Waals surface area contributed by atoms with Crippen molar-refractivity contribution in [1.82, 2.24) is 9.80 Å². The number of thiocarbonyl (C=S) groups is 1. The van der Waals surface area contributed by atoms with E-state index in [9.17, 15) is 0 Å². The van der Waals surface area contributed by atoms with Crippen LogP contribution in [0.2, 0.25) is 0 Å². The van der Waals surface area contributed by atoms with Crippen molar-refractivity contribution >= 4 is 17.2 Å². The zero-order valence-corrected chi connectivity index (χ0v) is 12.3. The Hall–Kier alpha value is -0.230. The number of nitrogens with two attached hydrogens (primary N) is 1. The molecule has 2 heterocycles. The van der Waals surface area contributed by atoms with Crippen molar-refractivity contribution < 1.29 is 4.74 Å². The SMILES string of the molecule is CC(C)N1CCOC(CN2CCCC2C(N)=S)C1. The van der Waals surface area contributed by atoms with Crippen LogP contribution in [0.1, 0.15) is 26.7 Å². The lowest BCUT2D eigenvalue weighted by Gasteiger charge is -2.38. The molecule has 0 saturated carbocycles. The first-order valence-electron chi connectivity index (χ1n) is 6.97. The number of morpholine rings is 1. The highest BCUT2D eigenvalue weighted by Gasteiger charge is 2.31. The van der Waals surface area contributed by atoms with Crippen LogP contribution in [0.5, 0.6) is 0 Å². The van der Waals surface area contributed by atoms with Crippen molar-refractivity contribution in [1.29, 1.82) is 0 Å². The lowest BCUT2D eigenvalue weighted by Crippen LogP contribution is -2.51. The summed E-state index contributed by atoms with van der Waals surface area (Å²) < 4.78 is 5.88. The summed E-state index contributed by atoms with van der Waals surface area (Å²) in [5.74, 6) is 0. The van der Waals surface area contributed by atoms with Gasteiger partial charge in [-0.25, -0.2) is 0 Å². The van der Waals surface area contributed by atoms with Gasteiger partial charge in [-0.15, -0.1) is 0 Å². The summed E-state index contributed by atoms with van der Waals surface area (Å²) in [6, 6.07) is 0.888. The molecule has 2 atom stereocenters. The van der Waals surface area contributed by atoms with E-state index in [1.165, 1.54) is 6.42 Å². The summed E-state index contributed by atoms with van der Waals surface area (Å²) in [4.78, 5) is 5.53. The number of ether oxygens (including phenoxy) is 1.